The summed E-state index contributed by atoms with van der Waals surface area (Å²) in [4.78, 5) is 24.7. The molecule has 1 heterocycles. The maximum Gasteiger partial charge on any atom is 0.340 e. The fourth-order valence-corrected chi connectivity index (χ4v) is 3.47. The van der Waals surface area contributed by atoms with Crippen LogP contribution in [0, 0.1) is 13.8 Å². The van der Waals surface area contributed by atoms with E-state index in [9.17, 15) is 9.59 Å². The van der Waals surface area contributed by atoms with E-state index in [-0.39, 0.29) is 19.1 Å². The summed E-state index contributed by atoms with van der Waals surface area (Å²) in [7, 11) is 3.11. The Bertz CT molecular complexity index is 1090. The minimum Gasteiger partial charge on any atom is -0.493 e. The van der Waals surface area contributed by atoms with Crippen LogP contribution in [0.2, 0.25) is 0 Å². The average Bonchev–Trinajstić information content (AvgIpc) is 3.10. The number of ether oxygens (including phenoxy) is 3. The predicted molar refractivity (Wildman–Crippen MR) is 121 cm³/mol. The van der Waals surface area contributed by atoms with Crippen molar-refractivity contribution in [2.24, 2.45) is 0 Å². The molecule has 2 aromatic carbocycles. The van der Waals surface area contributed by atoms with E-state index in [1.165, 1.54) is 0 Å². The zero-order chi connectivity index (χ0) is 23.1. The first kappa shape index (κ1) is 22.9. The molecule has 7 heteroatoms. The van der Waals surface area contributed by atoms with Crippen molar-refractivity contribution in [3.63, 3.8) is 0 Å². The molecule has 1 N–H and O–H groups in total. The molecule has 0 saturated carbocycles. The summed E-state index contributed by atoms with van der Waals surface area (Å²) >= 11 is 0. The molecule has 0 aliphatic rings. The molecular weight excluding hydrogens is 408 g/mol. The maximum absolute atomic E-state index is 12.6. The van der Waals surface area contributed by atoms with Gasteiger partial charge in [-0.2, -0.15) is 0 Å². The highest BCUT2D eigenvalue weighted by Gasteiger charge is 2.18. The summed E-state index contributed by atoms with van der Waals surface area (Å²) in [5, 5.41) is 2.74. The summed E-state index contributed by atoms with van der Waals surface area (Å²) in [6, 6.07) is 17.2. The molecule has 0 aliphatic carbocycles. The van der Waals surface area contributed by atoms with Gasteiger partial charge in [-0.1, -0.05) is 36.4 Å². The molecule has 1 aromatic heterocycles. The van der Waals surface area contributed by atoms with E-state index in [0.717, 1.165) is 22.5 Å². The fourth-order valence-electron chi connectivity index (χ4n) is 3.47. The second kappa shape index (κ2) is 10.5. The topological polar surface area (TPSA) is 78.8 Å². The third-order valence-electron chi connectivity index (χ3n) is 5.25. The number of nitrogens with one attached hydrogen (secondary N) is 1. The zero-order valence-electron chi connectivity index (χ0n) is 18.8. The van der Waals surface area contributed by atoms with Gasteiger partial charge < -0.3 is 24.1 Å². The lowest BCUT2D eigenvalue weighted by Crippen LogP contribution is -2.28. The third kappa shape index (κ3) is 5.49. The minimum atomic E-state index is -0.515. The van der Waals surface area contributed by atoms with Gasteiger partial charge in [-0.25, -0.2) is 4.79 Å². The molecule has 1 amide bonds. The molecule has 32 heavy (non-hydrogen) atoms. The molecule has 168 valence electrons. The molecule has 0 spiro atoms. The molecular formula is C25H28N2O5. The van der Waals surface area contributed by atoms with E-state index >= 15 is 0 Å². The van der Waals surface area contributed by atoms with Crippen LogP contribution in [-0.2, 0) is 22.6 Å². The second-order valence-electron chi connectivity index (χ2n) is 7.40. The number of nitrogens with zero attached hydrogens (tertiary/aromatic N) is 1. The Hall–Kier alpha value is -3.74. The van der Waals surface area contributed by atoms with Gasteiger partial charge >= 0.3 is 5.97 Å². The number of carbonyl (C=O) groups is 2. The summed E-state index contributed by atoms with van der Waals surface area (Å²) in [6.45, 7) is 4.42. The minimum absolute atomic E-state index is 0.280. The predicted octanol–water partition coefficient (Wildman–Crippen LogP) is 3.64. The molecule has 7 nitrogen and oxygen atoms in total. The SMILES string of the molecule is COc1ccc(CNC(=O)COC(=O)c2cc(C)n(Cc3ccccc3)c2C)cc1OC. The quantitative estimate of drug-likeness (QED) is 0.518. The number of esters is 1. The van der Waals surface area contributed by atoms with Crippen molar-refractivity contribution in [3.05, 3.63) is 82.7 Å². The van der Waals surface area contributed by atoms with Crippen LogP contribution in [0.25, 0.3) is 0 Å². The monoisotopic (exact) mass is 436 g/mol. The number of benzene rings is 2. The zero-order valence-corrected chi connectivity index (χ0v) is 18.8. The van der Waals surface area contributed by atoms with E-state index < -0.39 is 5.97 Å². The Kier molecular flexibility index (Phi) is 7.54. The standard InChI is InChI=1S/C25H28N2O5/c1-17-12-21(18(2)27(17)15-19-8-6-5-7-9-19)25(29)32-16-24(28)26-14-20-10-11-22(30-3)23(13-20)31-4/h5-13H,14-16H2,1-4H3,(H,26,28). The van der Waals surface area contributed by atoms with E-state index in [0.29, 0.717) is 23.6 Å². The van der Waals surface area contributed by atoms with Gasteiger partial charge in [-0.3, -0.25) is 4.79 Å². The highest BCUT2D eigenvalue weighted by atomic mass is 16.5. The first-order chi connectivity index (χ1) is 15.4. The number of carbonyl (C=O) groups excluding carboxylic acids is 2. The molecule has 0 radical (unpaired) electrons. The van der Waals surface area contributed by atoms with Gasteiger partial charge in [0.15, 0.2) is 18.1 Å². The number of rotatable bonds is 9. The molecule has 0 atom stereocenters. The lowest BCUT2D eigenvalue weighted by molar-refractivity contribution is -0.124. The highest BCUT2D eigenvalue weighted by molar-refractivity contribution is 5.92. The van der Waals surface area contributed by atoms with E-state index in [1.54, 1.807) is 32.4 Å². The lowest BCUT2D eigenvalue weighted by atomic mass is 10.2. The van der Waals surface area contributed by atoms with E-state index in [4.69, 9.17) is 14.2 Å². The smallest absolute Gasteiger partial charge is 0.340 e. The molecule has 0 saturated heterocycles. The van der Waals surface area contributed by atoms with Gasteiger partial charge in [0, 0.05) is 24.5 Å². The van der Waals surface area contributed by atoms with Crippen molar-refractivity contribution < 1.29 is 23.8 Å². The molecule has 0 fully saturated rings. The van der Waals surface area contributed by atoms with Crippen molar-refractivity contribution in [1.82, 2.24) is 9.88 Å². The van der Waals surface area contributed by atoms with Crippen LogP contribution < -0.4 is 14.8 Å². The van der Waals surface area contributed by atoms with Crippen LogP contribution in [-0.4, -0.2) is 37.3 Å². The van der Waals surface area contributed by atoms with Gasteiger partial charge in [0.25, 0.3) is 5.91 Å². The van der Waals surface area contributed by atoms with Gasteiger partial charge in [-0.05, 0) is 43.2 Å². The van der Waals surface area contributed by atoms with Crippen molar-refractivity contribution >= 4 is 11.9 Å². The van der Waals surface area contributed by atoms with Gasteiger partial charge in [-0.15, -0.1) is 0 Å². The Morgan fingerprint density at radius 1 is 0.906 bits per heavy atom. The van der Waals surface area contributed by atoms with E-state index in [1.807, 2.05) is 50.2 Å². The highest BCUT2D eigenvalue weighted by Crippen LogP contribution is 2.27. The number of aryl methyl sites for hydroxylation is 1. The number of methoxy groups -OCH3 is 2. The summed E-state index contributed by atoms with van der Waals surface area (Å²) in [6.07, 6.45) is 0. The third-order valence-corrected chi connectivity index (χ3v) is 5.25. The Morgan fingerprint density at radius 2 is 1.62 bits per heavy atom. The van der Waals surface area contributed by atoms with Crippen LogP contribution in [0.15, 0.2) is 54.6 Å². The summed E-state index contributed by atoms with van der Waals surface area (Å²) < 4.78 is 17.8. The van der Waals surface area contributed by atoms with Crippen LogP contribution in [0.4, 0.5) is 0 Å². The molecule has 0 aliphatic heterocycles. The maximum atomic E-state index is 12.6. The van der Waals surface area contributed by atoms with E-state index in [2.05, 4.69) is 9.88 Å². The molecule has 3 rings (SSSR count). The van der Waals surface area contributed by atoms with Crippen molar-refractivity contribution in [2.75, 3.05) is 20.8 Å². The molecule has 0 bridgehead atoms. The van der Waals surface area contributed by atoms with Crippen molar-refractivity contribution in [1.29, 1.82) is 0 Å². The van der Waals surface area contributed by atoms with Gasteiger partial charge in [0.1, 0.15) is 0 Å². The number of hydrogen-bond donors (Lipinski definition) is 1. The number of amides is 1. The van der Waals surface area contributed by atoms with Gasteiger partial charge in [0.2, 0.25) is 0 Å². The lowest BCUT2D eigenvalue weighted by Gasteiger charge is -2.11. The normalized spacial score (nSPS) is 10.5. The number of aromatic nitrogens is 1. The van der Waals surface area contributed by atoms with Crippen molar-refractivity contribution in [2.45, 2.75) is 26.9 Å². The van der Waals surface area contributed by atoms with Crippen LogP contribution in [0.5, 0.6) is 11.5 Å². The van der Waals surface area contributed by atoms with Gasteiger partial charge in [0.05, 0.1) is 19.8 Å². The van der Waals surface area contributed by atoms with Crippen LogP contribution >= 0.6 is 0 Å². The first-order valence-corrected chi connectivity index (χ1v) is 10.3. The fraction of sp³-hybridized carbons (Fsp3) is 0.280. The number of hydrogen-bond acceptors (Lipinski definition) is 5. The summed E-state index contributed by atoms with van der Waals surface area (Å²) in [5.74, 6) is 0.294. The average molecular weight is 437 g/mol. The molecule has 3 aromatic rings. The summed E-state index contributed by atoms with van der Waals surface area (Å²) in [5.41, 5.74) is 4.21. The first-order valence-electron chi connectivity index (χ1n) is 10.3. The van der Waals surface area contributed by atoms with Crippen LogP contribution in [0.3, 0.4) is 0 Å². The molecule has 0 unspecified atom stereocenters. The Morgan fingerprint density at radius 3 is 2.31 bits per heavy atom. The second-order valence-corrected chi connectivity index (χ2v) is 7.40. The Balaban J connectivity index is 1.55. The van der Waals surface area contributed by atoms with Crippen LogP contribution in [0.1, 0.15) is 32.9 Å². The largest absolute Gasteiger partial charge is 0.493 e. The Labute approximate surface area is 187 Å². The van der Waals surface area contributed by atoms with Crippen molar-refractivity contribution in [3.8, 4) is 11.5 Å².